The number of aryl methyl sites for hydroxylation is 5. The minimum Gasteiger partial charge on any atom is -0.497 e. The van der Waals surface area contributed by atoms with Gasteiger partial charge in [0.25, 0.3) is 0 Å². The molecule has 0 saturated heterocycles. The molecule has 0 aliphatic carbocycles. The van der Waals surface area contributed by atoms with Crippen LogP contribution in [0, 0.1) is 40.4 Å². The fraction of sp³-hybridized carbons (Fsp3) is 0.461. The van der Waals surface area contributed by atoms with Crippen LogP contribution in [0.1, 0.15) is 220 Å². The molecule has 0 N–H and O–H groups in total. The fourth-order valence-corrected chi connectivity index (χ4v) is 7.44. The van der Waals surface area contributed by atoms with Crippen LogP contribution in [0.3, 0.4) is 0 Å². The minimum absolute atomic E-state index is 0. The Kier molecular flexibility index (Phi) is 29.5. The molecule has 0 aliphatic rings. The highest BCUT2D eigenvalue weighted by Crippen LogP contribution is 2.28. The summed E-state index contributed by atoms with van der Waals surface area (Å²) in [6.45, 7) is 56.6. The van der Waals surface area contributed by atoms with Crippen LogP contribution in [0.5, 0.6) is 5.75 Å². The first-order chi connectivity index (χ1) is 35.5. The van der Waals surface area contributed by atoms with Gasteiger partial charge in [-0.3, -0.25) is 4.98 Å². The average molecular weight is 1070 g/mol. The maximum atomic E-state index is 13.1. The molecular weight excluding hydrogens is 962 g/mol. The van der Waals surface area contributed by atoms with Crippen molar-refractivity contribution in [1.29, 1.82) is 0 Å². The number of methoxy groups -OCH3 is 1. The Morgan fingerprint density at radius 3 is 0.873 bits per heavy atom. The van der Waals surface area contributed by atoms with Crippen molar-refractivity contribution in [2.45, 2.75) is 225 Å². The molecule has 0 atom stereocenters. The SMILES string of the molecule is C.CC(C)(C)c1ccccc1F.COc1ccc(C(C)(C)C)cc1.Cc1cc(C(C)(C)C)ccn1.Cc1ccc(C(C)(C)C)cc1.Cc1ccc(C(C)(C)C)cc1.Cc1ccc(C(C)(C)C)cc1.Cc1cccc(C(C)(C)C)c1. The molecule has 79 heavy (non-hydrogen) atoms. The van der Waals surface area contributed by atoms with Gasteiger partial charge in [-0.2, -0.15) is 0 Å². The third kappa shape index (κ3) is 29.8. The molecule has 0 amide bonds. The number of aromatic nitrogens is 1. The summed E-state index contributed by atoms with van der Waals surface area (Å²) in [5.41, 5.74) is 17.1. The minimum atomic E-state index is -0.111. The molecule has 3 heteroatoms. The number of hydrogen-bond donors (Lipinski definition) is 0. The lowest BCUT2D eigenvalue weighted by atomic mass is 9.86. The molecule has 1 heterocycles. The van der Waals surface area contributed by atoms with Crippen molar-refractivity contribution in [3.8, 4) is 5.75 Å². The second-order valence-electron chi connectivity index (χ2n) is 28.1. The van der Waals surface area contributed by atoms with Gasteiger partial charge in [-0.25, -0.2) is 4.39 Å². The first-order valence-electron chi connectivity index (χ1n) is 28.2. The molecular formula is C76H112FNO. The normalized spacial score (nSPS) is 11.4. The summed E-state index contributed by atoms with van der Waals surface area (Å²) in [5, 5.41) is 0. The predicted octanol–water partition coefficient (Wildman–Crippen LogP) is 22.6. The van der Waals surface area contributed by atoms with Gasteiger partial charge in [0.15, 0.2) is 0 Å². The monoisotopic (exact) mass is 1070 g/mol. The van der Waals surface area contributed by atoms with Gasteiger partial charge in [-0.05, 0) is 142 Å². The van der Waals surface area contributed by atoms with Crippen LogP contribution in [-0.4, -0.2) is 12.1 Å². The summed E-state index contributed by atoms with van der Waals surface area (Å²) >= 11 is 0. The van der Waals surface area contributed by atoms with E-state index in [4.69, 9.17) is 4.74 Å². The smallest absolute Gasteiger partial charge is 0.126 e. The van der Waals surface area contributed by atoms with Crippen LogP contribution in [0.4, 0.5) is 4.39 Å². The van der Waals surface area contributed by atoms with Gasteiger partial charge < -0.3 is 4.74 Å². The van der Waals surface area contributed by atoms with Gasteiger partial charge in [0.2, 0.25) is 0 Å². The van der Waals surface area contributed by atoms with E-state index >= 15 is 0 Å². The molecule has 7 aromatic rings. The largest absolute Gasteiger partial charge is 0.497 e. The summed E-state index contributed by atoms with van der Waals surface area (Å²) in [5.74, 6) is 0.808. The summed E-state index contributed by atoms with van der Waals surface area (Å²) in [7, 11) is 1.69. The van der Waals surface area contributed by atoms with Gasteiger partial charge in [0.1, 0.15) is 11.6 Å². The van der Waals surface area contributed by atoms with Crippen molar-refractivity contribution in [3.63, 3.8) is 0 Å². The number of nitrogens with zero attached hydrogens (tertiary/aromatic N) is 1. The topological polar surface area (TPSA) is 22.1 Å². The lowest BCUT2D eigenvalue weighted by Crippen LogP contribution is -2.12. The zero-order chi connectivity index (χ0) is 60.1. The Morgan fingerprint density at radius 1 is 0.316 bits per heavy atom. The first kappa shape index (κ1) is 73.2. The Balaban J connectivity index is 0.000000897. The lowest BCUT2D eigenvalue weighted by molar-refractivity contribution is 0.414. The van der Waals surface area contributed by atoms with Crippen LogP contribution < -0.4 is 4.74 Å². The summed E-state index contributed by atoms with van der Waals surface area (Å²) < 4.78 is 18.2. The van der Waals surface area contributed by atoms with Crippen LogP contribution in [0.15, 0.2) is 164 Å². The van der Waals surface area contributed by atoms with E-state index in [1.165, 1.54) is 61.7 Å². The van der Waals surface area contributed by atoms with Crippen LogP contribution in [0.25, 0.3) is 0 Å². The molecule has 0 unspecified atom stereocenters. The second kappa shape index (κ2) is 31.8. The van der Waals surface area contributed by atoms with Crippen LogP contribution >= 0.6 is 0 Å². The Labute approximate surface area is 486 Å². The molecule has 7 rings (SSSR count). The van der Waals surface area contributed by atoms with E-state index < -0.39 is 0 Å². The molecule has 0 bridgehead atoms. The van der Waals surface area contributed by atoms with Gasteiger partial charge in [-0.15, -0.1) is 0 Å². The highest BCUT2D eigenvalue weighted by atomic mass is 19.1. The van der Waals surface area contributed by atoms with Gasteiger partial charge in [0, 0.05) is 11.9 Å². The van der Waals surface area contributed by atoms with E-state index in [9.17, 15) is 4.39 Å². The average Bonchev–Trinajstić information content (AvgIpc) is 3.31. The van der Waals surface area contributed by atoms with E-state index in [2.05, 4.69) is 279 Å². The molecule has 0 radical (unpaired) electrons. The van der Waals surface area contributed by atoms with E-state index in [0.29, 0.717) is 0 Å². The van der Waals surface area contributed by atoms with Crippen molar-refractivity contribution < 1.29 is 9.13 Å². The van der Waals surface area contributed by atoms with Crippen molar-refractivity contribution in [3.05, 3.63) is 237 Å². The molecule has 0 spiro atoms. The summed E-state index contributed by atoms with van der Waals surface area (Å²) in [4.78, 5) is 4.15. The molecule has 0 saturated carbocycles. The first-order valence-corrected chi connectivity index (χ1v) is 28.2. The maximum absolute atomic E-state index is 13.1. The third-order valence-electron chi connectivity index (χ3n) is 13.0. The van der Waals surface area contributed by atoms with Crippen molar-refractivity contribution >= 4 is 0 Å². The third-order valence-corrected chi connectivity index (χ3v) is 13.0. The number of pyridine rings is 1. The van der Waals surface area contributed by atoms with E-state index in [-0.39, 0.29) is 51.1 Å². The van der Waals surface area contributed by atoms with Gasteiger partial charge >= 0.3 is 0 Å². The molecule has 0 fully saturated rings. The van der Waals surface area contributed by atoms with E-state index in [1.807, 2.05) is 58.2 Å². The number of halogens is 1. The van der Waals surface area contributed by atoms with Crippen molar-refractivity contribution in [1.82, 2.24) is 4.98 Å². The summed E-state index contributed by atoms with van der Waals surface area (Å²) in [6.07, 6.45) is 1.87. The Morgan fingerprint density at radius 2 is 0.633 bits per heavy atom. The van der Waals surface area contributed by atoms with Gasteiger partial charge in [0.05, 0.1) is 7.11 Å². The predicted molar refractivity (Wildman–Crippen MR) is 351 cm³/mol. The lowest BCUT2D eigenvalue weighted by Gasteiger charge is -2.19. The quantitative estimate of drug-likeness (QED) is 0.163. The number of rotatable bonds is 1. The highest BCUT2D eigenvalue weighted by Gasteiger charge is 2.18. The molecule has 2 nitrogen and oxygen atoms in total. The maximum Gasteiger partial charge on any atom is 0.126 e. The van der Waals surface area contributed by atoms with Crippen LogP contribution in [-0.2, 0) is 37.9 Å². The van der Waals surface area contributed by atoms with Crippen LogP contribution in [0.2, 0.25) is 0 Å². The van der Waals surface area contributed by atoms with Crippen molar-refractivity contribution in [2.24, 2.45) is 0 Å². The standard InChI is InChI=1S/C11H16O.4C11H16.C10H13F.C10H15N.CH4/c1-11(2,3)9-5-7-10(12-4)8-6-9;3*1-9-5-7-10(8-6-9)11(2,3)4;1-9-6-5-7-10(8-9)11(2,3)4;1-10(2,3)8-6-4-5-7-9(8)11;1-8-7-9(5-6-11-8)10(2,3)4;/h5-8H,1-4H3;4*5-8H,1-4H3;4-7H,1-3H3;5-7H,1-4H3;1H4. The molecule has 6 aromatic carbocycles. The zero-order valence-corrected chi connectivity index (χ0v) is 54.3. The fourth-order valence-electron chi connectivity index (χ4n) is 7.44. The molecule has 1 aromatic heterocycles. The highest BCUT2D eigenvalue weighted by molar-refractivity contribution is 5.32. The summed E-state index contributed by atoms with van der Waals surface area (Å²) in [6, 6.07) is 54.3. The van der Waals surface area contributed by atoms with Crippen molar-refractivity contribution in [2.75, 3.05) is 7.11 Å². The number of benzene rings is 6. The van der Waals surface area contributed by atoms with E-state index in [0.717, 1.165) is 17.0 Å². The second-order valence-corrected chi connectivity index (χ2v) is 28.1. The van der Waals surface area contributed by atoms with E-state index in [1.54, 1.807) is 13.2 Å². The van der Waals surface area contributed by atoms with Gasteiger partial charge in [-0.1, -0.05) is 302 Å². The number of ether oxygens (including phenoxy) is 1. The molecule has 0 aliphatic heterocycles. The molecule has 434 valence electrons. The Hall–Kier alpha value is -5.80. The Bertz CT molecular complexity index is 2560. The zero-order valence-electron chi connectivity index (χ0n) is 54.3. The number of hydrogen-bond acceptors (Lipinski definition) is 2.